The summed E-state index contributed by atoms with van der Waals surface area (Å²) in [6.07, 6.45) is 4.61. The number of aliphatic hydroxyl groups is 1. The Morgan fingerprint density at radius 1 is 1.63 bits per heavy atom. The number of nitrogens with zero attached hydrogens (tertiary/aromatic N) is 2. The van der Waals surface area contributed by atoms with Crippen molar-refractivity contribution in [2.45, 2.75) is 37.9 Å². The van der Waals surface area contributed by atoms with Crippen molar-refractivity contribution in [3.8, 4) is 0 Å². The molecule has 1 aromatic rings. The lowest BCUT2D eigenvalue weighted by molar-refractivity contribution is -0.102. The Labute approximate surface area is 118 Å². The lowest BCUT2D eigenvalue weighted by Gasteiger charge is -2.39. The molecule has 2 aliphatic heterocycles. The minimum atomic E-state index is -0.403. The number of aryl methyl sites for hydroxylation is 2. The van der Waals surface area contributed by atoms with Crippen LogP contribution in [-0.4, -0.2) is 38.6 Å². The van der Waals surface area contributed by atoms with E-state index in [1.807, 2.05) is 31.9 Å². The molecule has 2 fully saturated rings. The molecule has 3 unspecified atom stereocenters. The fourth-order valence-electron chi connectivity index (χ4n) is 3.36. The standard InChI is InChI=1S/C14H22N2O2S/c1-10-12(8-16(2)15-10)13(17)11-3-5-18-14(7-11)4-6-19-9-14/h8,11,13,17H,3-7,9H2,1-2H3. The van der Waals surface area contributed by atoms with Crippen LogP contribution in [0.2, 0.25) is 0 Å². The highest BCUT2D eigenvalue weighted by Crippen LogP contribution is 2.44. The average molecular weight is 282 g/mol. The Hall–Kier alpha value is -0.520. The zero-order valence-electron chi connectivity index (χ0n) is 11.6. The molecule has 19 heavy (non-hydrogen) atoms. The van der Waals surface area contributed by atoms with Gasteiger partial charge in [0.1, 0.15) is 0 Å². The summed E-state index contributed by atoms with van der Waals surface area (Å²) in [4.78, 5) is 0. The van der Waals surface area contributed by atoms with E-state index in [2.05, 4.69) is 5.10 Å². The summed E-state index contributed by atoms with van der Waals surface area (Å²) in [5, 5.41) is 15.0. The molecule has 1 N–H and O–H groups in total. The van der Waals surface area contributed by atoms with Crippen molar-refractivity contribution in [3.63, 3.8) is 0 Å². The highest BCUT2D eigenvalue weighted by Gasteiger charge is 2.42. The summed E-state index contributed by atoms with van der Waals surface area (Å²) in [6.45, 7) is 2.75. The van der Waals surface area contributed by atoms with Crippen LogP contribution in [-0.2, 0) is 11.8 Å². The largest absolute Gasteiger partial charge is 0.388 e. The van der Waals surface area contributed by atoms with Crippen LogP contribution in [0, 0.1) is 12.8 Å². The number of hydrogen-bond donors (Lipinski definition) is 1. The Morgan fingerprint density at radius 2 is 2.47 bits per heavy atom. The van der Waals surface area contributed by atoms with Crippen LogP contribution >= 0.6 is 11.8 Å². The van der Waals surface area contributed by atoms with Gasteiger partial charge >= 0.3 is 0 Å². The van der Waals surface area contributed by atoms with Crippen molar-refractivity contribution < 1.29 is 9.84 Å². The summed E-state index contributed by atoms with van der Waals surface area (Å²) >= 11 is 1.97. The molecule has 4 nitrogen and oxygen atoms in total. The summed E-state index contributed by atoms with van der Waals surface area (Å²) in [7, 11) is 1.91. The average Bonchev–Trinajstić information content (AvgIpc) is 2.96. The predicted molar refractivity (Wildman–Crippen MR) is 76.3 cm³/mol. The van der Waals surface area contributed by atoms with E-state index in [-0.39, 0.29) is 5.60 Å². The van der Waals surface area contributed by atoms with Crippen molar-refractivity contribution in [2.24, 2.45) is 13.0 Å². The minimum absolute atomic E-state index is 0.0324. The number of ether oxygens (including phenoxy) is 1. The predicted octanol–water partition coefficient (Wildman–Crippen LogP) is 2.06. The van der Waals surface area contributed by atoms with Crippen molar-refractivity contribution in [1.82, 2.24) is 9.78 Å². The van der Waals surface area contributed by atoms with E-state index < -0.39 is 6.10 Å². The molecule has 1 aromatic heterocycles. The lowest BCUT2D eigenvalue weighted by Crippen LogP contribution is -2.41. The normalized spacial score (nSPS) is 32.9. The van der Waals surface area contributed by atoms with Crippen LogP contribution < -0.4 is 0 Å². The first kappa shape index (κ1) is 13.5. The summed E-state index contributed by atoms with van der Waals surface area (Å²) in [5.41, 5.74) is 1.96. The molecule has 3 rings (SSSR count). The Kier molecular flexibility index (Phi) is 3.62. The number of aliphatic hydroxyl groups excluding tert-OH is 1. The van der Waals surface area contributed by atoms with E-state index in [4.69, 9.17) is 4.74 Å². The van der Waals surface area contributed by atoms with Crippen molar-refractivity contribution >= 4 is 11.8 Å². The topological polar surface area (TPSA) is 47.3 Å². The third-order valence-corrected chi connectivity index (χ3v) is 5.64. The van der Waals surface area contributed by atoms with Gasteiger partial charge in [-0.3, -0.25) is 4.68 Å². The van der Waals surface area contributed by atoms with Crippen molar-refractivity contribution in [3.05, 3.63) is 17.5 Å². The van der Waals surface area contributed by atoms with Crippen LogP contribution in [0.25, 0.3) is 0 Å². The number of hydrogen-bond acceptors (Lipinski definition) is 4. The van der Waals surface area contributed by atoms with Gasteiger partial charge in [0.05, 0.1) is 17.4 Å². The number of thioether (sulfide) groups is 1. The molecule has 1 spiro atoms. The van der Waals surface area contributed by atoms with Gasteiger partial charge in [-0.2, -0.15) is 16.9 Å². The SMILES string of the molecule is Cc1nn(C)cc1C(O)C1CCOC2(CCSC2)C1. The Balaban J connectivity index is 1.76. The van der Waals surface area contributed by atoms with Gasteiger partial charge in [-0.15, -0.1) is 0 Å². The molecule has 0 bridgehead atoms. The number of aromatic nitrogens is 2. The third-order valence-electron chi connectivity index (χ3n) is 4.41. The molecule has 2 aliphatic rings. The first-order chi connectivity index (χ1) is 9.10. The molecular formula is C14H22N2O2S. The fourth-order valence-corrected chi connectivity index (χ4v) is 4.74. The van der Waals surface area contributed by atoms with E-state index in [0.717, 1.165) is 42.9 Å². The molecule has 5 heteroatoms. The summed E-state index contributed by atoms with van der Waals surface area (Å²) in [6, 6.07) is 0. The van der Waals surface area contributed by atoms with E-state index in [9.17, 15) is 5.11 Å². The van der Waals surface area contributed by atoms with Gasteiger partial charge in [0.2, 0.25) is 0 Å². The van der Waals surface area contributed by atoms with Crippen LogP contribution in [0.4, 0.5) is 0 Å². The van der Waals surface area contributed by atoms with E-state index in [1.165, 1.54) is 5.75 Å². The molecule has 3 heterocycles. The Bertz CT molecular complexity index is 454. The first-order valence-corrected chi connectivity index (χ1v) is 8.15. The maximum absolute atomic E-state index is 10.7. The number of rotatable bonds is 2. The third kappa shape index (κ3) is 2.56. The maximum Gasteiger partial charge on any atom is 0.0853 e. The van der Waals surface area contributed by atoms with Crippen LogP contribution in [0.15, 0.2) is 6.20 Å². The van der Waals surface area contributed by atoms with Crippen LogP contribution in [0.1, 0.15) is 36.6 Å². The smallest absolute Gasteiger partial charge is 0.0853 e. The van der Waals surface area contributed by atoms with Gasteiger partial charge in [-0.05, 0) is 37.9 Å². The van der Waals surface area contributed by atoms with Gasteiger partial charge in [0, 0.05) is 31.2 Å². The fraction of sp³-hybridized carbons (Fsp3) is 0.786. The molecule has 0 aromatic carbocycles. The highest BCUT2D eigenvalue weighted by atomic mass is 32.2. The molecular weight excluding hydrogens is 260 g/mol. The van der Waals surface area contributed by atoms with E-state index in [0.29, 0.717) is 5.92 Å². The van der Waals surface area contributed by atoms with Gasteiger partial charge in [0.25, 0.3) is 0 Å². The summed E-state index contributed by atoms with van der Waals surface area (Å²) < 4.78 is 7.81. The Morgan fingerprint density at radius 3 is 3.11 bits per heavy atom. The molecule has 3 atom stereocenters. The van der Waals surface area contributed by atoms with E-state index >= 15 is 0 Å². The minimum Gasteiger partial charge on any atom is -0.388 e. The van der Waals surface area contributed by atoms with Crippen LogP contribution in [0.3, 0.4) is 0 Å². The first-order valence-electron chi connectivity index (χ1n) is 7.00. The lowest BCUT2D eigenvalue weighted by atomic mass is 9.80. The van der Waals surface area contributed by atoms with Gasteiger partial charge in [0.15, 0.2) is 0 Å². The van der Waals surface area contributed by atoms with Crippen molar-refractivity contribution in [1.29, 1.82) is 0 Å². The maximum atomic E-state index is 10.7. The quantitative estimate of drug-likeness (QED) is 0.902. The zero-order valence-corrected chi connectivity index (χ0v) is 12.4. The van der Waals surface area contributed by atoms with Gasteiger partial charge < -0.3 is 9.84 Å². The van der Waals surface area contributed by atoms with Crippen molar-refractivity contribution in [2.75, 3.05) is 18.1 Å². The second-order valence-electron chi connectivity index (χ2n) is 5.88. The molecule has 0 radical (unpaired) electrons. The zero-order chi connectivity index (χ0) is 13.5. The molecule has 0 saturated carbocycles. The van der Waals surface area contributed by atoms with Gasteiger partial charge in [-0.1, -0.05) is 0 Å². The summed E-state index contributed by atoms with van der Waals surface area (Å²) in [5.74, 6) is 2.58. The molecule has 2 saturated heterocycles. The highest BCUT2D eigenvalue weighted by molar-refractivity contribution is 7.99. The molecule has 0 amide bonds. The molecule has 106 valence electrons. The molecule has 0 aliphatic carbocycles. The van der Waals surface area contributed by atoms with Gasteiger partial charge in [-0.25, -0.2) is 0 Å². The second kappa shape index (κ2) is 5.11. The second-order valence-corrected chi connectivity index (χ2v) is 6.98. The monoisotopic (exact) mass is 282 g/mol. The van der Waals surface area contributed by atoms with E-state index in [1.54, 1.807) is 4.68 Å². The van der Waals surface area contributed by atoms with Crippen LogP contribution in [0.5, 0.6) is 0 Å².